The van der Waals surface area contributed by atoms with Gasteiger partial charge >= 0.3 is 0 Å². The first kappa shape index (κ1) is 25.0. The summed E-state index contributed by atoms with van der Waals surface area (Å²) in [6, 6.07) is 28.3. The molecule has 0 heterocycles. The predicted molar refractivity (Wildman–Crippen MR) is 143 cm³/mol. The highest BCUT2D eigenvalue weighted by atomic mass is 32.2. The number of sulfonamides is 1. The summed E-state index contributed by atoms with van der Waals surface area (Å²) in [7, 11) is -4.01. The topological polar surface area (TPSA) is 75.7 Å². The quantitative estimate of drug-likeness (QED) is 0.311. The molecule has 0 unspecified atom stereocenters. The van der Waals surface area contributed by atoms with Gasteiger partial charge in [0.05, 0.1) is 16.3 Å². The van der Waals surface area contributed by atoms with E-state index in [1.165, 1.54) is 0 Å². The number of hydrogen-bond acceptors (Lipinski definition) is 4. The van der Waals surface area contributed by atoms with Crippen LogP contribution in [0.3, 0.4) is 0 Å². The zero-order valence-corrected chi connectivity index (χ0v) is 21.2. The smallest absolute Gasteiger partial charge is 0.264 e. The Kier molecular flexibility index (Phi) is 7.41. The van der Waals surface area contributed by atoms with Crippen LogP contribution in [0, 0.1) is 20.8 Å². The van der Waals surface area contributed by atoms with Gasteiger partial charge in [-0.3, -0.25) is 9.10 Å². The highest BCUT2D eigenvalue weighted by Gasteiger charge is 2.28. The zero-order chi connectivity index (χ0) is 25.7. The minimum atomic E-state index is -4.01. The lowest BCUT2D eigenvalue weighted by Gasteiger charge is -2.26. The number of benzene rings is 4. The Morgan fingerprint density at radius 3 is 2.14 bits per heavy atom. The molecule has 4 aromatic carbocycles. The molecule has 0 aliphatic heterocycles. The maximum absolute atomic E-state index is 13.7. The van der Waals surface area contributed by atoms with E-state index in [1.54, 1.807) is 54.6 Å². The Bertz CT molecular complexity index is 1470. The summed E-state index contributed by atoms with van der Waals surface area (Å²) < 4.78 is 34.5. The average Bonchev–Trinajstić information content (AvgIpc) is 2.85. The van der Waals surface area contributed by atoms with E-state index in [1.807, 2.05) is 63.2 Å². The fraction of sp³-hybridized carbons (Fsp3) is 0.138. The minimum absolute atomic E-state index is 0.119. The van der Waals surface area contributed by atoms with E-state index >= 15 is 0 Å². The number of nitrogens with one attached hydrogen (secondary N) is 1. The van der Waals surface area contributed by atoms with Crippen molar-refractivity contribution in [1.29, 1.82) is 0 Å². The van der Waals surface area contributed by atoms with Gasteiger partial charge in [-0.15, -0.1) is 0 Å². The van der Waals surface area contributed by atoms with Crippen LogP contribution >= 0.6 is 0 Å². The van der Waals surface area contributed by atoms with Crippen LogP contribution in [0.25, 0.3) is 0 Å². The molecule has 4 rings (SSSR count). The molecule has 184 valence electrons. The van der Waals surface area contributed by atoms with Gasteiger partial charge in [0.1, 0.15) is 12.3 Å². The van der Waals surface area contributed by atoms with Crippen LogP contribution in [0.4, 0.5) is 11.4 Å². The normalized spacial score (nSPS) is 11.1. The van der Waals surface area contributed by atoms with Crippen LogP contribution in [-0.2, 0) is 14.8 Å². The molecule has 7 heteroatoms. The molecule has 0 atom stereocenters. The molecular weight excluding hydrogens is 472 g/mol. The van der Waals surface area contributed by atoms with Crippen LogP contribution in [0.5, 0.6) is 11.5 Å². The van der Waals surface area contributed by atoms with Gasteiger partial charge in [-0.2, -0.15) is 0 Å². The first-order chi connectivity index (χ1) is 17.2. The lowest BCUT2D eigenvalue weighted by atomic mass is 10.1. The number of rotatable bonds is 8. The standard InChI is InChI=1S/C29H28N2O4S/c1-21-13-16-25(17-14-21)36(33,34)31(27-18-15-22(2)19-23(27)3)20-29(32)30-26-11-7-8-12-28(26)35-24-9-5-4-6-10-24/h4-19H,20H2,1-3H3,(H,30,32). The van der Waals surface area contributed by atoms with Gasteiger partial charge in [0.25, 0.3) is 10.0 Å². The van der Waals surface area contributed by atoms with E-state index in [2.05, 4.69) is 5.32 Å². The molecule has 0 fully saturated rings. The van der Waals surface area contributed by atoms with E-state index in [9.17, 15) is 13.2 Å². The lowest BCUT2D eigenvalue weighted by Crippen LogP contribution is -2.38. The third-order valence-electron chi connectivity index (χ3n) is 5.65. The molecule has 0 saturated carbocycles. The Hall–Kier alpha value is -4.10. The fourth-order valence-corrected chi connectivity index (χ4v) is 5.30. The second kappa shape index (κ2) is 10.7. The number of anilines is 2. The van der Waals surface area contributed by atoms with E-state index in [0.29, 0.717) is 22.9 Å². The summed E-state index contributed by atoms with van der Waals surface area (Å²) in [5.74, 6) is 0.587. The van der Waals surface area contributed by atoms with Crippen molar-refractivity contribution in [2.45, 2.75) is 25.7 Å². The van der Waals surface area contributed by atoms with Crippen LogP contribution < -0.4 is 14.4 Å². The van der Waals surface area contributed by atoms with Gasteiger partial charge in [0.15, 0.2) is 5.75 Å². The van der Waals surface area contributed by atoms with Crippen LogP contribution in [0.15, 0.2) is 102 Å². The number of ether oxygens (including phenoxy) is 1. The monoisotopic (exact) mass is 500 g/mol. The third kappa shape index (κ3) is 5.75. The molecule has 36 heavy (non-hydrogen) atoms. The molecule has 6 nitrogen and oxygen atoms in total. The summed E-state index contributed by atoms with van der Waals surface area (Å²) in [6.07, 6.45) is 0. The van der Waals surface area contributed by atoms with Gasteiger partial charge in [-0.1, -0.05) is 65.7 Å². The molecular formula is C29H28N2O4S. The Morgan fingerprint density at radius 2 is 1.44 bits per heavy atom. The summed E-state index contributed by atoms with van der Waals surface area (Å²) >= 11 is 0. The molecule has 0 saturated heterocycles. The van der Waals surface area contributed by atoms with E-state index in [4.69, 9.17) is 4.74 Å². The van der Waals surface area contributed by atoms with Crippen molar-refractivity contribution in [3.63, 3.8) is 0 Å². The fourth-order valence-electron chi connectivity index (χ4n) is 3.82. The maximum Gasteiger partial charge on any atom is 0.264 e. The second-order valence-corrected chi connectivity index (χ2v) is 10.4. The second-order valence-electron chi connectivity index (χ2n) is 8.57. The molecule has 1 amide bonds. The van der Waals surface area contributed by atoms with Crippen molar-refractivity contribution in [1.82, 2.24) is 0 Å². The predicted octanol–water partition coefficient (Wildman–Crippen LogP) is 6.24. The summed E-state index contributed by atoms with van der Waals surface area (Å²) in [5, 5.41) is 2.82. The van der Waals surface area contributed by atoms with Gasteiger partial charge in [-0.25, -0.2) is 8.42 Å². The molecule has 4 aromatic rings. The molecule has 0 aliphatic rings. The number of hydrogen-bond donors (Lipinski definition) is 1. The maximum atomic E-state index is 13.7. The summed E-state index contributed by atoms with van der Waals surface area (Å²) in [4.78, 5) is 13.4. The van der Waals surface area contributed by atoms with Gasteiger partial charge < -0.3 is 10.1 Å². The zero-order valence-electron chi connectivity index (χ0n) is 20.4. The Labute approximate surface area is 212 Å². The van der Waals surface area contributed by atoms with Crippen molar-refractivity contribution >= 4 is 27.3 Å². The van der Waals surface area contributed by atoms with Crippen LogP contribution in [-0.4, -0.2) is 20.9 Å². The van der Waals surface area contributed by atoms with Gasteiger partial charge in [0.2, 0.25) is 5.91 Å². The van der Waals surface area contributed by atoms with Crippen molar-refractivity contribution in [2.75, 3.05) is 16.2 Å². The number of nitrogens with zero attached hydrogens (tertiary/aromatic N) is 1. The number of carbonyl (C=O) groups is 1. The van der Waals surface area contributed by atoms with Crippen LogP contribution in [0.1, 0.15) is 16.7 Å². The molecule has 0 aliphatic carbocycles. The Morgan fingerprint density at radius 1 is 0.806 bits per heavy atom. The SMILES string of the molecule is Cc1ccc(S(=O)(=O)N(CC(=O)Nc2ccccc2Oc2ccccc2)c2ccc(C)cc2C)cc1. The Balaban J connectivity index is 1.65. The number of carbonyl (C=O) groups excluding carboxylic acids is 1. The lowest BCUT2D eigenvalue weighted by molar-refractivity contribution is -0.114. The van der Waals surface area contributed by atoms with Crippen LogP contribution in [0.2, 0.25) is 0 Å². The third-order valence-corrected chi connectivity index (χ3v) is 7.42. The van der Waals surface area contributed by atoms with Crippen molar-refractivity contribution < 1.29 is 17.9 Å². The van der Waals surface area contributed by atoms with E-state index in [0.717, 1.165) is 21.0 Å². The molecule has 0 spiro atoms. The van der Waals surface area contributed by atoms with E-state index < -0.39 is 22.5 Å². The summed E-state index contributed by atoms with van der Waals surface area (Å²) in [5.41, 5.74) is 3.59. The van der Waals surface area contributed by atoms with Gasteiger partial charge in [-0.05, 0) is 68.8 Å². The minimum Gasteiger partial charge on any atom is -0.455 e. The van der Waals surface area contributed by atoms with Crippen molar-refractivity contribution in [2.24, 2.45) is 0 Å². The van der Waals surface area contributed by atoms with Crippen molar-refractivity contribution in [3.8, 4) is 11.5 Å². The number of para-hydroxylation sites is 3. The first-order valence-electron chi connectivity index (χ1n) is 11.5. The summed E-state index contributed by atoms with van der Waals surface area (Å²) in [6.45, 7) is 5.26. The highest BCUT2D eigenvalue weighted by molar-refractivity contribution is 7.92. The van der Waals surface area contributed by atoms with Crippen molar-refractivity contribution in [3.05, 3.63) is 114 Å². The highest BCUT2D eigenvalue weighted by Crippen LogP contribution is 2.31. The molecule has 1 N–H and O–H groups in total. The first-order valence-corrected chi connectivity index (χ1v) is 13.0. The van der Waals surface area contributed by atoms with Gasteiger partial charge in [0, 0.05) is 0 Å². The average molecular weight is 501 g/mol. The molecule has 0 radical (unpaired) electrons. The van der Waals surface area contributed by atoms with E-state index in [-0.39, 0.29) is 4.90 Å². The number of amides is 1. The largest absolute Gasteiger partial charge is 0.455 e. The molecule has 0 bridgehead atoms. The molecule has 0 aromatic heterocycles. The number of aryl methyl sites for hydroxylation is 3.